The highest BCUT2D eigenvalue weighted by atomic mass is 16.6. The second kappa shape index (κ2) is 9.91. The minimum atomic E-state index is -1.33. The molecule has 1 aromatic heterocycles. The van der Waals surface area contributed by atoms with Gasteiger partial charge in [-0.1, -0.05) is 42.5 Å². The van der Waals surface area contributed by atoms with Gasteiger partial charge in [-0.05, 0) is 32.9 Å². The molecule has 0 radical (unpaired) electrons. The number of rotatable bonds is 8. The molecule has 1 atom stereocenters. The molecule has 8 heteroatoms. The van der Waals surface area contributed by atoms with E-state index in [-0.39, 0.29) is 5.56 Å². The fourth-order valence-electron chi connectivity index (χ4n) is 3.32. The Morgan fingerprint density at radius 2 is 1.69 bits per heavy atom. The minimum absolute atomic E-state index is 0.173. The van der Waals surface area contributed by atoms with Crippen molar-refractivity contribution >= 4 is 23.3 Å². The molecule has 1 heterocycles. The van der Waals surface area contributed by atoms with Gasteiger partial charge >= 0.3 is 5.97 Å². The van der Waals surface area contributed by atoms with Crippen molar-refractivity contribution < 1.29 is 23.9 Å². The number of nitrogens with one attached hydrogen (secondary N) is 1. The predicted octanol–water partition coefficient (Wildman–Crippen LogP) is 3.54. The van der Waals surface area contributed by atoms with E-state index in [0.717, 1.165) is 0 Å². The molecule has 0 saturated carbocycles. The Hall–Kier alpha value is -3.94. The summed E-state index contributed by atoms with van der Waals surface area (Å²) in [5, 5.41) is 6.90. The summed E-state index contributed by atoms with van der Waals surface area (Å²) in [6, 6.07) is 15.4. The van der Waals surface area contributed by atoms with Gasteiger partial charge in [-0.3, -0.25) is 14.3 Å². The number of aromatic nitrogens is 2. The van der Waals surface area contributed by atoms with Crippen molar-refractivity contribution in [3.05, 3.63) is 77.1 Å². The number of nitrogens with zero attached hydrogens (tertiary/aromatic N) is 2. The first-order chi connectivity index (χ1) is 15.3. The lowest BCUT2D eigenvalue weighted by Crippen LogP contribution is -2.29. The van der Waals surface area contributed by atoms with Crippen molar-refractivity contribution in [3.8, 4) is 5.75 Å². The molecule has 0 fully saturated rings. The summed E-state index contributed by atoms with van der Waals surface area (Å²) < 4.78 is 12.5. The number of carbonyl (C=O) groups excluding carboxylic acids is 3. The summed E-state index contributed by atoms with van der Waals surface area (Å²) in [7, 11) is 1.68. The van der Waals surface area contributed by atoms with Crippen LogP contribution in [0, 0.1) is 13.8 Å². The van der Waals surface area contributed by atoms with Gasteiger partial charge in [0.15, 0.2) is 0 Å². The number of benzene rings is 2. The van der Waals surface area contributed by atoms with E-state index >= 15 is 0 Å². The summed E-state index contributed by atoms with van der Waals surface area (Å²) in [5.74, 6) is -2.11. The molecule has 2 aromatic carbocycles. The average molecular weight is 435 g/mol. The van der Waals surface area contributed by atoms with E-state index in [1.807, 2.05) is 6.92 Å². The standard InChI is InChI=1S/C24H25N3O5/c1-5-31-19-14-10-9-13-18(19)25-23(29)22(17-11-7-6-8-12-17)32-24(30)21(28)20-15(2)26-27(4)16(20)3/h6-14,22H,5H2,1-4H3,(H,25,29). The first-order valence-corrected chi connectivity index (χ1v) is 10.2. The van der Waals surface area contributed by atoms with Gasteiger partial charge in [0.25, 0.3) is 11.7 Å². The smallest absolute Gasteiger partial charge is 0.380 e. The van der Waals surface area contributed by atoms with Gasteiger partial charge in [-0.2, -0.15) is 5.10 Å². The van der Waals surface area contributed by atoms with Crippen LogP contribution in [-0.4, -0.2) is 34.0 Å². The molecule has 0 saturated heterocycles. The lowest BCUT2D eigenvalue weighted by Gasteiger charge is -2.19. The zero-order valence-corrected chi connectivity index (χ0v) is 18.4. The van der Waals surface area contributed by atoms with Gasteiger partial charge in [-0.15, -0.1) is 0 Å². The Bertz CT molecular complexity index is 1140. The highest BCUT2D eigenvalue weighted by molar-refractivity contribution is 6.41. The molecule has 1 N–H and O–H groups in total. The van der Waals surface area contributed by atoms with Gasteiger partial charge in [0.1, 0.15) is 5.75 Å². The molecule has 32 heavy (non-hydrogen) atoms. The molecule has 166 valence electrons. The Balaban J connectivity index is 1.88. The lowest BCUT2D eigenvalue weighted by molar-refractivity contribution is -0.149. The van der Waals surface area contributed by atoms with Crippen molar-refractivity contribution in [2.24, 2.45) is 7.05 Å². The van der Waals surface area contributed by atoms with Crippen LogP contribution < -0.4 is 10.1 Å². The monoisotopic (exact) mass is 435 g/mol. The molecule has 1 amide bonds. The molecule has 3 aromatic rings. The molecule has 0 aliphatic heterocycles. The number of amides is 1. The zero-order chi connectivity index (χ0) is 23.3. The maximum Gasteiger partial charge on any atom is 0.380 e. The number of carbonyl (C=O) groups is 3. The average Bonchev–Trinajstić information content (AvgIpc) is 3.04. The first-order valence-electron chi connectivity index (χ1n) is 10.2. The van der Waals surface area contributed by atoms with E-state index in [2.05, 4.69) is 10.4 Å². The van der Waals surface area contributed by atoms with E-state index in [0.29, 0.717) is 35.0 Å². The SMILES string of the molecule is CCOc1ccccc1NC(=O)C(OC(=O)C(=O)c1c(C)nn(C)c1C)c1ccccc1. The fraction of sp³-hybridized carbons (Fsp3) is 0.250. The Morgan fingerprint density at radius 1 is 1.03 bits per heavy atom. The van der Waals surface area contributed by atoms with Crippen LogP contribution in [0.5, 0.6) is 5.75 Å². The molecule has 0 aliphatic rings. The van der Waals surface area contributed by atoms with E-state index in [1.165, 1.54) is 4.68 Å². The summed E-state index contributed by atoms with van der Waals surface area (Å²) in [6.07, 6.45) is -1.33. The Morgan fingerprint density at radius 3 is 2.31 bits per heavy atom. The van der Waals surface area contributed by atoms with Gasteiger partial charge in [0, 0.05) is 18.3 Å². The van der Waals surface area contributed by atoms with Crippen LogP contribution >= 0.6 is 0 Å². The van der Waals surface area contributed by atoms with E-state index < -0.39 is 23.8 Å². The van der Waals surface area contributed by atoms with Crippen LogP contribution in [0.15, 0.2) is 54.6 Å². The predicted molar refractivity (Wildman–Crippen MR) is 119 cm³/mol. The third-order valence-electron chi connectivity index (χ3n) is 4.93. The minimum Gasteiger partial charge on any atom is -0.492 e. The number of esters is 1. The van der Waals surface area contributed by atoms with Crippen LogP contribution in [-0.2, 0) is 21.4 Å². The summed E-state index contributed by atoms with van der Waals surface area (Å²) >= 11 is 0. The second-order valence-corrected chi connectivity index (χ2v) is 7.11. The topological polar surface area (TPSA) is 99.5 Å². The normalized spacial score (nSPS) is 11.5. The summed E-state index contributed by atoms with van der Waals surface area (Å²) in [6.45, 7) is 5.58. The number of ether oxygens (including phenoxy) is 2. The fourth-order valence-corrected chi connectivity index (χ4v) is 3.32. The molecule has 1 unspecified atom stereocenters. The molecule has 0 spiro atoms. The van der Waals surface area contributed by atoms with Crippen LogP contribution in [0.2, 0.25) is 0 Å². The number of Topliss-reactive ketones (excluding diaryl/α,β-unsaturated/α-hetero) is 1. The number of aryl methyl sites for hydroxylation is 2. The van der Waals surface area contributed by atoms with Gasteiger partial charge in [0.05, 0.1) is 23.6 Å². The van der Waals surface area contributed by atoms with Crippen molar-refractivity contribution in [1.82, 2.24) is 9.78 Å². The number of ketones is 1. The van der Waals surface area contributed by atoms with Crippen molar-refractivity contribution in [2.75, 3.05) is 11.9 Å². The van der Waals surface area contributed by atoms with Crippen LogP contribution in [0.3, 0.4) is 0 Å². The largest absolute Gasteiger partial charge is 0.492 e. The quantitative estimate of drug-likeness (QED) is 0.330. The number of hydrogen-bond donors (Lipinski definition) is 1. The third kappa shape index (κ3) is 4.85. The Labute approximate surface area is 186 Å². The van der Waals surface area contributed by atoms with Crippen LogP contribution in [0.1, 0.15) is 40.3 Å². The number of anilines is 1. The van der Waals surface area contributed by atoms with Crippen molar-refractivity contribution in [3.63, 3.8) is 0 Å². The molecule has 0 bridgehead atoms. The van der Waals surface area contributed by atoms with Crippen molar-refractivity contribution in [1.29, 1.82) is 0 Å². The van der Waals surface area contributed by atoms with Gasteiger partial charge in [0.2, 0.25) is 6.10 Å². The first kappa shape index (κ1) is 22.7. The molecular formula is C24H25N3O5. The lowest BCUT2D eigenvalue weighted by atomic mass is 10.1. The van der Waals surface area contributed by atoms with E-state index in [9.17, 15) is 14.4 Å². The molecule has 3 rings (SSSR count). The number of hydrogen-bond acceptors (Lipinski definition) is 6. The zero-order valence-electron chi connectivity index (χ0n) is 18.4. The van der Waals surface area contributed by atoms with Crippen molar-refractivity contribution in [2.45, 2.75) is 26.9 Å². The molecular weight excluding hydrogens is 410 g/mol. The highest BCUT2D eigenvalue weighted by Gasteiger charge is 2.31. The van der Waals surface area contributed by atoms with Crippen LogP contribution in [0.25, 0.3) is 0 Å². The second-order valence-electron chi connectivity index (χ2n) is 7.11. The molecule has 0 aliphatic carbocycles. The highest BCUT2D eigenvalue weighted by Crippen LogP contribution is 2.27. The maximum absolute atomic E-state index is 13.1. The van der Waals surface area contributed by atoms with Gasteiger partial charge in [-0.25, -0.2) is 4.79 Å². The summed E-state index contributed by atoms with van der Waals surface area (Å²) in [4.78, 5) is 38.7. The summed E-state index contributed by atoms with van der Waals surface area (Å²) in [5.41, 5.74) is 1.99. The van der Waals surface area contributed by atoms with E-state index in [4.69, 9.17) is 9.47 Å². The third-order valence-corrected chi connectivity index (χ3v) is 4.93. The van der Waals surface area contributed by atoms with E-state index in [1.54, 1.807) is 75.5 Å². The van der Waals surface area contributed by atoms with Gasteiger partial charge < -0.3 is 14.8 Å². The van der Waals surface area contributed by atoms with Crippen LogP contribution in [0.4, 0.5) is 5.69 Å². The molecule has 8 nitrogen and oxygen atoms in total. The Kier molecular flexibility index (Phi) is 7.04. The maximum atomic E-state index is 13.1. The number of para-hydroxylation sites is 2.